The maximum absolute atomic E-state index is 11.2. The molecule has 0 aromatic rings. The first-order valence-electron chi connectivity index (χ1n) is 3.92. The summed E-state index contributed by atoms with van der Waals surface area (Å²) in [5.41, 5.74) is 0. The fraction of sp³-hybridized carbons (Fsp3) is 0.667. The Labute approximate surface area is 66.9 Å². The molecule has 1 aliphatic heterocycles. The molecule has 1 rings (SSSR count). The SMILES string of the molecule is C#CCCC(=O)C1CCCO1. The first-order chi connectivity index (χ1) is 5.34. The lowest BCUT2D eigenvalue weighted by molar-refractivity contribution is -0.127. The molecular formula is C9H12O2. The predicted octanol–water partition coefficient (Wildman–Crippen LogP) is 1.15. The molecule has 1 unspecified atom stereocenters. The highest BCUT2D eigenvalue weighted by atomic mass is 16.5. The number of hydrogen-bond acceptors (Lipinski definition) is 2. The maximum atomic E-state index is 11.2. The zero-order chi connectivity index (χ0) is 8.10. The average Bonchev–Trinajstić information content (AvgIpc) is 2.52. The Morgan fingerprint density at radius 2 is 2.55 bits per heavy atom. The van der Waals surface area contributed by atoms with Gasteiger partial charge < -0.3 is 4.74 Å². The molecule has 0 aromatic heterocycles. The monoisotopic (exact) mass is 152 g/mol. The van der Waals surface area contributed by atoms with Crippen LogP contribution in [0.15, 0.2) is 0 Å². The maximum Gasteiger partial charge on any atom is 0.162 e. The van der Waals surface area contributed by atoms with Crippen LogP contribution in [0.1, 0.15) is 25.7 Å². The van der Waals surface area contributed by atoms with Crippen molar-refractivity contribution in [3.8, 4) is 12.3 Å². The summed E-state index contributed by atoms with van der Waals surface area (Å²) in [6.45, 7) is 0.729. The lowest BCUT2D eigenvalue weighted by Crippen LogP contribution is -2.18. The molecule has 1 atom stereocenters. The molecule has 0 aliphatic carbocycles. The van der Waals surface area contributed by atoms with Gasteiger partial charge in [0.05, 0.1) is 0 Å². The van der Waals surface area contributed by atoms with Crippen molar-refractivity contribution in [3.63, 3.8) is 0 Å². The van der Waals surface area contributed by atoms with Crippen LogP contribution in [0.5, 0.6) is 0 Å². The molecule has 0 N–H and O–H groups in total. The second-order valence-corrected chi connectivity index (χ2v) is 2.67. The second-order valence-electron chi connectivity index (χ2n) is 2.67. The number of ether oxygens (including phenoxy) is 1. The van der Waals surface area contributed by atoms with Gasteiger partial charge in [-0.25, -0.2) is 0 Å². The van der Waals surface area contributed by atoms with Crippen molar-refractivity contribution in [3.05, 3.63) is 0 Å². The van der Waals surface area contributed by atoms with Crippen LogP contribution in [-0.4, -0.2) is 18.5 Å². The van der Waals surface area contributed by atoms with Gasteiger partial charge in [-0.05, 0) is 12.8 Å². The summed E-state index contributed by atoms with van der Waals surface area (Å²) in [6.07, 6.45) is 7.78. The number of ketones is 1. The van der Waals surface area contributed by atoms with Gasteiger partial charge in [-0.15, -0.1) is 12.3 Å². The van der Waals surface area contributed by atoms with Gasteiger partial charge in [-0.1, -0.05) is 0 Å². The molecular weight excluding hydrogens is 140 g/mol. The van der Waals surface area contributed by atoms with Crippen LogP contribution in [0.25, 0.3) is 0 Å². The van der Waals surface area contributed by atoms with Crippen molar-refractivity contribution in [2.45, 2.75) is 31.8 Å². The highest BCUT2D eigenvalue weighted by Crippen LogP contribution is 2.14. The first-order valence-corrected chi connectivity index (χ1v) is 3.92. The van der Waals surface area contributed by atoms with Gasteiger partial charge in [0.15, 0.2) is 5.78 Å². The Morgan fingerprint density at radius 1 is 1.73 bits per heavy atom. The molecule has 1 fully saturated rings. The van der Waals surface area contributed by atoms with Crippen LogP contribution in [0.4, 0.5) is 0 Å². The van der Waals surface area contributed by atoms with Crippen molar-refractivity contribution in [2.24, 2.45) is 0 Å². The minimum Gasteiger partial charge on any atom is -0.370 e. The van der Waals surface area contributed by atoms with Crippen LogP contribution in [-0.2, 0) is 9.53 Å². The Bertz CT molecular complexity index is 172. The van der Waals surface area contributed by atoms with Gasteiger partial charge in [0, 0.05) is 19.4 Å². The van der Waals surface area contributed by atoms with Crippen molar-refractivity contribution in [1.82, 2.24) is 0 Å². The summed E-state index contributed by atoms with van der Waals surface area (Å²) in [6, 6.07) is 0. The molecule has 11 heavy (non-hydrogen) atoms. The molecule has 0 aromatic carbocycles. The molecule has 1 saturated heterocycles. The van der Waals surface area contributed by atoms with E-state index in [1.54, 1.807) is 0 Å². The van der Waals surface area contributed by atoms with E-state index >= 15 is 0 Å². The molecule has 0 saturated carbocycles. The summed E-state index contributed by atoms with van der Waals surface area (Å²) in [5.74, 6) is 2.61. The quantitative estimate of drug-likeness (QED) is 0.567. The summed E-state index contributed by atoms with van der Waals surface area (Å²) in [5, 5.41) is 0. The van der Waals surface area contributed by atoms with E-state index in [0.29, 0.717) is 12.8 Å². The van der Waals surface area contributed by atoms with E-state index in [2.05, 4.69) is 5.92 Å². The summed E-state index contributed by atoms with van der Waals surface area (Å²) < 4.78 is 5.19. The lowest BCUT2D eigenvalue weighted by Gasteiger charge is -2.05. The zero-order valence-electron chi connectivity index (χ0n) is 6.51. The van der Waals surface area contributed by atoms with E-state index in [1.165, 1.54) is 0 Å². The van der Waals surface area contributed by atoms with Gasteiger partial charge in [0.1, 0.15) is 6.10 Å². The molecule has 0 spiro atoms. The van der Waals surface area contributed by atoms with E-state index in [4.69, 9.17) is 11.2 Å². The van der Waals surface area contributed by atoms with Crippen LogP contribution >= 0.6 is 0 Å². The molecule has 0 radical (unpaired) electrons. The normalized spacial score (nSPS) is 23.0. The number of carbonyl (C=O) groups is 1. The number of terminal acetylenes is 1. The third kappa shape index (κ3) is 2.36. The highest BCUT2D eigenvalue weighted by molar-refractivity contribution is 5.83. The fourth-order valence-corrected chi connectivity index (χ4v) is 1.19. The number of rotatable bonds is 3. The molecule has 1 aliphatic rings. The van der Waals surface area contributed by atoms with Crippen molar-refractivity contribution in [2.75, 3.05) is 6.61 Å². The van der Waals surface area contributed by atoms with Crippen molar-refractivity contribution in [1.29, 1.82) is 0 Å². The summed E-state index contributed by atoms with van der Waals surface area (Å²) in [4.78, 5) is 11.2. The smallest absolute Gasteiger partial charge is 0.162 e. The van der Waals surface area contributed by atoms with Crippen molar-refractivity contribution < 1.29 is 9.53 Å². The molecule has 1 heterocycles. The van der Waals surface area contributed by atoms with Gasteiger partial charge in [-0.3, -0.25) is 4.79 Å². The largest absolute Gasteiger partial charge is 0.370 e. The van der Waals surface area contributed by atoms with Gasteiger partial charge in [0.25, 0.3) is 0 Å². The Balaban J connectivity index is 2.24. The molecule has 2 nitrogen and oxygen atoms in total. The topological polar surface area (TPSA) is 26.3 Å². The molecule has 0 bridgehead atoms. The Hall–Kier alpha value is -0.810. The zero-order valence-corrected chi connectivity index (χ0v) is 6.51. The second kappa shape index (κ2) is 4.15. The van der Waals surface area contributed by atoms with Gasteiger partial charge in [0.2, 0.25) is 0 Å². The lowest BCUT2D eigenvalue weighted by atomic mass is 10.1. The number of Topliss-reactive ketones (excluding diaryl/α,β-unsaturated/α-hetero) is 1. The van der Waals surface area contributed by atoms with Crippen molar-refractivity contribution >= 4 is 5.78 Å². The molecule has 60 valence electrons. The third-order valence-corrected chi connectivity index (χ3v) is 1.80. The first kappa shape index (κ1) is 8.29. The standard InChI is InChI=1S/C9H12O2/c1-2-3-5-8(10)9-6-4-7-11-9/h1,9H,3-7H2. The third-order valence-electron chi connectivity index (χ3n) is 1.80. The van der Waals surface area contributed by atoms with E-state index in [-0.39, 0.29) is 11.9 Å². The minimum absolute atomic E-state index is 0.150. The van der Waals surface area contributed by atoms with Gasteiger partial charge in [-0.2, -0.15) is 0 Å². The average molecular weight is 152 g/mol. The number of hydrogen-bond donors (Lipinski definition) is 0. The number of carbonyl (C=O) groups excluding carboxylic acids is 1. The highest BCUT2D eigenvalue weighted by Gasteiger charge is 2.22. The minimum atomic E-state index is -0.150. The van der Waals surface area contributed by atoms with Gasteiger partial charge >= 0.3 is 0 Å². The predicted molar refractivity (Wildman–Crippen MR) is 42.0 cm³/mol. The van der Waals surface area contributed by atoms with Crippen LogP contribution in [0, 0.1) is 12.3 Å². The van der Waals surface area contributed by atoms with Crippen LogP contribution in [0.3, 0.4) is 0 Å². The van der Waals surface area contributed by atoms with E-state index < -0.39 is 0 Å². The molecule has 2 heteroatoms. The van der Waals surface area contributed by atoms with Crippen LogP contribution in [0.2, 0.25) is 0 Å². The Kier molecular flexibility index (Phi) is 3.13. The summed E-state index contributed by atoms with van der Waals surface area (Å²) >= 11 is 0. The van der Waals surface area contributed by atoms with Crippen LogP contribution < -0.4 is 0 Å². The fourth-order valence-electron chi connectivity index (χ4n) is 1.19. The Morgan fingerprint density at radius 3 is 3.09 bits per heavy atom. The summed E-state index contributed by atoms with van der Waals surface area (Å²) in [7, 11) is 0. The van der Waals surface area contributed by atoms with E-state index in [1.807, 2.05) is 0 Å². The van der Waals surface area contributed by atoms with E-state index in [9.17, 15) is 4.79 Å². The molecule has 0 amide bonds. The van der Waals surface area contributed by atoms with E-state index in [0.717, 1.165) is 19.4 Å².